The van der Waals surface area contributed by atoms with Crippen LogP contribution in [0.5, 0.6) is 0 Å². The van der Waals surface area contributed by atoms with Gasteiger partial charge in [0.15, 0.2) is 0 Å². The van der Waals surface area contributed by atoms with E-state index >= 15 is 0 Å². The fraction of sp³-hybridized carbons (Fsp3) is 0.385. The van der Waals surface area contributed by atoms with Gasteiger partial charge in [0.05, 0.1) is 6.42 Å². The highest BCUT2D eigenvalue weighted by Crippen LogP contribution is 2.41. The number of hydrogen-bond donors (Lipinski definition) is 0. The van der Waals surface area contributed by atoms with Gasteiger partial charge >= 0.3 is 0 Å². The molecule has 17 heavy (non-hydrogen) atoms. The Morgan fingerprint density at radius 1 is 1.00 bits per heavy atom. The van der Waals surface area contributed by atoms with Crippen molar-refractivity contribution in [3.63, 3.8) is 0 Å². The second-order valence-corrected chi connectivity index (χ2v) is 4.35. The molecule has 0 aliphatic heterocycles. The second kappa shape index (κ2) is 4.35. The largest absolute Gasteiger partial charge is 0.299 e. The van der Waals surface area contributed by atoms with Crippen molar-refractivity contribution in [2.45, 2.75) is 25.2 Å². The minimum Gasteiger partial charge on any atom is -0.299 e. The molecule has 0 heterocycles. The Kier molecular flexibility index (Phi) is 3.05. The quantitative estimate of drug-likeness (QED) is 0.742. The van der Waals surface area contributed by atoms with Gasteiger partial charge in [-0.2, -0.15) is 0 Å². The first-order valence-electron chi connectivity index (χ1n) is 5.47. The summed E-state index contributed by atoms with van der Waals surface area (Å²) in [5.41, 5.74) is -0.132. The average molecular weight is 238 g/mol. The summed E-state index contributed by atoms with van der Waals surface area (Å²) in [6.45, 7) is 0. The van der Waals surface area contributed by atoms with Gasteiger partial charge in [0.1, 0.15) is 11.6 Å². The van der Waals surface area contributed by atoms with E-state index in [2.05, 4.69) is 0 Å². The van der Waals surface area contributed by atoms with Crippen LogP contribution in [0.4, 0.5) is 8.78 Å². The van der Waals surface area contributed by atoms with Crippen LogP contribution in [-0.2, 0) is 15.5 Å². The fourth-order valence-electron chi connectivity index (χ4n) is 2.14. The maximum absolute atomic E-state index is 14.1. The standard InChI is InChI=1S/C13H12F2O2/c14-13(15,9-4-2-1-3-5-9)10-6-11(16)8-12(17)7-10/h1-5,10H,6-8H2. The van der Waals surface area contributed by atoms with Crippen LogP contribution < -0.4 is 0 Å². The lowest BCUT2D eigenvalue weighted by Gasteiger charge is -2.28. The third-order valence-corrected chi connectivity index (χ3v) is 3.01. The summed E-state index contributed by atoms with van der Waals surface area (Å²) in [5, 5.41) is 0. The van der Waals surface area contributed by atoms with Crippen LogP contribution in [0.25, 0.3) is 0 Å². The zero-order valence-corrected chi connectivity index (χ0v) is 9.16. The number of hydrogen-bond acceptors (Lipinski definition) is 2. The molecule has 2 rings (SSSR count). The number of halogens is 2. The first kappa shape index (κ1) is 11.9. The van der Waals surface area contributed by atoms with Gasteiger partial charge in [0, 0.05) is 24.3 Å². The topological polar surface area (TPSA) is 34.1 Å². The molecule has 1 aromatic carbocycles. The van der Waals surface area contributed by atoms with Crippen LogP contribution in [0.1, 0.15) is 24.8 Å². The molecule has 2 nitrogen and oxygen atoms in total. The molecular weight excluding hydrogens is 226 g/mol. The van der Waals surface area contributed by atoms with Crippen molar-refractivity contribution in [2.75, 3.05) is 0 Å². The third-order valence-electron chi connectivity index (χ3n) is 3.01. The third kappa shape index (κ3) is 2.40. The molecule has 0 N–H and O–H groups in total. The summed E-state index contributed by atoms with van der Waals surface area (Å²) in [7, 11) is 0. The first-order valence-corrected chi connectivity index (χ1v) is 5.47. The minimum absolute atomic E-state index is 0.132. The van der Waals surface area contributed by atoms with Crippen molar-refractivity contribution < 1.29 is 18.4 Å². The summed E-state index contributed by atoms with van der Waals surface area (Å²) >= 11 is 0. The molecule has 1 fully saturated rings. The van der Waals surface area contributed by atoms with Crippen LogP contribution in [0, 0.1) is 5.92 Å². The van der Waals surface area contributed by atoms with Crippen molar-refractivity contribution >= 4 is 11.6 Å². The highest BCUT2D eigenvalue weighted by atomic mass is 19.3. The smallest absolute Gasteiger partial charge is 0.276 e. The summed E-state index contributed by atoms with van der Waals surface area (Å²) < 4.78 is 28.2. The predicted octanol–water partition coefficient (Wildman–Crippen LogP) is 2.72. The molecule has 90 valence electrons. The van der Waals surface area contributed by atoms with Gasteiger partial charge in [-0.1, -0.05) is 30.3 Å². The zero-order chi connectivity index (χ0) is 12.5. The van der Waals surface area contributed by atoms with Gasteiger partial charge in [-0.25, -0.2) is 8.78 Å². The predicted molar refractivity (Wildman–Crippen MR) is 57.7 cm³/mol. The lowest BCUT2D eigenvalue weighted by molar-refractivity contribution is -0.141. The summed E-state index contributed by atoms with van der Waals surface area (Å²) in [6, 6.07) is 7.34. The molecule has 4 heteroatoms. The van der Waals surface area contributed by atoms with Gasteiger partial charge in [-0.05, 0) is 0 Å². The van der Waals surface area contributed by atoms with Crippen molar-refractivity contribution in [2.24, 2.45) is 5.92 Å². The van der Waals surface area contributed by atoms with E-state index in [1.54, 1.807) is 6.07 Å². The molecule has 1 saturated carbocycles. The molecule has 0 saturated heterocycles. The summed E-state index contributed by atoms with van der Waals surface area (Å²) in [5.74, 6) is -5.09. The molecule has 0 aromatic heterocycles. The number of benzene rings is 1. The highest BCUT2D eigenvalue weighted by molar-refractivity contribution is 6.01. The van der Waals surface area contributed by atoms with Gasteiger partial charge in [0.2, 0.25) is 0 Å². The van der Waals surface area contributed by atoms with E-state index in [-0.39, 0.29) is 36.4 Å². The molecule has 0 radical (unpaired) electrons. The van der Waals surface area contributed by atoms with Crippen molar-refractivity contribution in [3.05, 3.63) is 35.9 Å². The Morgan fingerprint density at radius 2 is 1.53 bits per heavy atom. The highest BCUT2D eigenvalue weighted by Gasteiger charge is 2.45. The SMILES string of the molecule is O=C1CC(=O)CC(C(F)(F)c2ccccc2)C1. The lowest BCUT2D eigenvalue weighted by atomic mass is 9.81. The lowest BCUT2D eigenvalue weighted by Crippen LogP contribution is -2.34. The van der Waals surface area contributed by atoms with E-state index < -0.39 is 11.8 Å². The van der Waals surface area contributed by atoms with Gasteiger partial charge in [0.25, 0.3) is 5.92 Å². The Hall–Kier alpha value is -1.58. The van der Waals surface area contributed by atoms with Crippen molar-refractivity contribution in [3.8, 4) is 0 Å². The van der Waals surface area contributed by atoms with E-state index in [0.29, 0.717) is 0 Å². The number of carbonyl (C=O) groups excluding carboxylic acids is 2. The van der Waals surface area contributed by atoms with E-state index in [0.717, 1.165) is 0 Å². The number of Topliss-reactive ketones (excluding diaryl/α,β-unsaturated/α-hetero) is 2. The second-order valence-electron chi connectivity index (χ2n) is 4.35. The maximum Gasteiger partial charge on any atom is 0.276 e. The van der Waals surface area contributed by atoms with E-state index in [1.807, 2.05) is 0 Å². The maximum atomic E-state index is 14.1. The van der Waals surface area contributed by atoms with E-state index in [9.17, 15) is 18.4 Å². The Morgan fingerprint density at radius 3 is 2.06 bits per heavy atom. The Bertz CT molecular complexity index is 424. The molecule has 0 unspecified atom stereocenters. The summed E-state index contributed by atoms with van der Waals surface area (Å²) in [4.78, 5) is 22.4. The zero-order valence-electron chi connectivity index (χ0n) is 9.16. The van der Waals surface area contributed by atoms with E-state index in [4.69, 9.17) is 0 Å². The van der Waals surface area contributed by atoms with Crippen LogP contribution in [0.2, 0.25) is 0 Å². The fourth-order valence-corrected chi connectivity index (χ4v) is 2.14. The van der Waals surface area contributed by atoms with Gasteiger partial charge in [-0.15, -0.1) is 0 Å². The molecule has 1 aliphatic rings. The van der Waals surface area contributed by atoms with Crippen LogP contribution in [-0.4, -0.2) is 11.6 Å². The number of rotatable bonds is 2. The molecule has 1 aliphatic carbocycles. The van der Waals surface area contributed by atoms with Crippen LogP contribution >= 0.6 is 0 Å². The molecule has 0 bridgehead atoms. The number of ketones is 2. The van der Waals surface area contributed by atoms with Gasteiger partial charge < -0.3 is 0 Å². The molecular formula is C13H12F2O2. The molecule has 0 amide bonds. The number of carbonyl (C=O) groups is 2. The molecule has 1 aromatic rings. The average Bonchev–Trinajstić information content (AvgIpc) is 2.29. The Balaban J connectivity index is 2.26. The van der Waals surface area contributed by atoms with Gasteiger partial charge in [-0.3, -0.25) is 9.59 Å². The first-order chi connectivity index (χ1) is 8.00. The molecule has 0 spiro atoms. The molecule has 0 atom stereocenters. The van der Waals surface area contributed by atoms with Crippen LogP contribution in [0.15, 0.2) is 30.3 Å². The van der Waals surface area contributed by atoms with Crippen LogP contribution in [0.3, 0.4) is 0 Å². The van der Waals surface area contributed by atoms with Crippen molar-refractivity contribution in [1.82, 2.24) is 0 Å². The normalized spacial score (nSPS) is 18.5. The Labute approximate surface area is 97.6 Å². The monoisotopic (exact) mass is 238 g/mol. The van der Waals surface area contributed by atoms with E-state index in [1.165, 1.54) is 24.3 Å². The van der Waals surface area contributed by atoms with Crippen molar-refractivity contribution in [1.29, 1.82) is 0 Å². The number of alkyl halides is 2. The minimum atomic E-state index is -3.12. The summed E-state index contributed by atoms with van der Waals surface area (Å²) in [6.07, 6.45) is -0.622.